The zero-order valence-electron chi connectivity index (χ0n) is 8.43. The summed E-state index contributed by atoms with van der Waals surface area (Å²) in [5, 5.41) is 0. The van der Waals surface area contributed by atoms with E-state index in [0.717, 1.165) is 12.8 Å². The molecule has 5 heteroatoms. The van der Waals surface area contributed by atoms with Crippen LogP contribution in [0.4, 0.5) is 0 Å². The van der Waals surface area contributed by atoms with Crippen LogP contribution in [0.3, 0.4) is 0 Å². The van der Waals surface area contributed by atoms with Crippen LogP contribution in [0.25, 0.3) is 0 Å². The molecule has 0 N–H and O–H groups in total. The van der Waals surface area contributed by atoms with Gasteiger partial charge in [-0.05, 0) is 13.3 Å². The van der Waals surface area contributed by atoms with Crippen molar-refractivity contribution in [3.05, 3.63) is 0 Å². The van der Waals surface area contributed by atoms with Crippen molar-refractivity contribution in [1.29, 1.82) is 0 Å². The van der Waals surface area contributed by atoms with E-state index in [1.807, 2.05) is 6.92 Å². The molecule has 0 bridgehead atoms. The molecule has 1 fully saturated rings. The first-order chi connectivity index (χ1) is 6.51. The molecule has 1 amide bonds. The Hall–Kier alpha value is 0.01000. The lowest BCUT2D eigenvalue weighted by molar-refractivity contribution is -0.145. The predicted molar refractivity (Wildman–Crippen MR) is 56.5 cm³/mol. The van der Waals surface area contributed by atoms with Gasteiger partial charge >= 0.3 is 0 Å². The van der Waals surface area contributed by atoms with E-state index >= 15 is 0 Å². The molecule has 82 valence electrons. The average Bonchev–Trinajstić information content (AvgIpc) is 2.46. The highest BCUT2D eigenvalue weighted by Gasteiger charge is 2.41. The van der Waals surface area contributed by atoms with Crippen LogP contribution in [0, 0.1) is 0 Å². The Bertz CT molecular complexity index is 223. The molecular weight excluding hydrogens is 225 g/mol. The number of rotatable bonds is 3. The van der Waals surface area contributed by atoms with Crippen molar-refractivity contribution in [2.75, 3.05) is 13.2 Å². The Balaban J connectivity index is 2.72. The summed E-state index contributed by atoms with van der Waals surface area (Å²) in [7, 11) is 0. The summed E-state index contributed by atoms with van der Waals surface area (Å²) in [6, 6.07) is 0. The van der Waals surface area contributed by atoms with Gasteiger partial charge < -0.3 is 9.64 Å². The molecule has 3 nitrogen and oxygen atoms in total. The van der Waals surface area contributed by atoms with Gasteiger partial charge in [-0.1, -0.05) is 36.5 Å². The SMILES string of the molecule is CCCC1(C)OCCN1C(=O)C(Cl)Cl. The highest BCUT2D eigenvalue weighted by Crippen LogP contribution is 2.29. The molecule has 0 aromatic carbocycles. The quantitative estimate of drug-likeness (QED) is 0.707. The predicted octanol–water partition coefficient (Wildman–Crippen LogP) is 2.17. The van der Waals surface area contributed by atoms with Crippen molar-refractivity contribution in [2.24, 2.45) is 0 Å². The number of ether oxygens (including phenoxy) is 1. The number of amides is 1. The molecule has 0 saturated carbocycles. The van der Waals surface area contributed by atoms with Gasteiger partial charge in [-0.15, -0.1) is 0 Å². The van der Waals surface area contributed by atoms with Crippen LogP contribution in [-0.2, 0) is 9.53 Å². The Labute approximate surface area is 94.3 Å². The van der Waals surface area contributed by atoms with E-state index in [0.29, 0.717) is 13.2 Å². The monoisotopic (exact) mass is 239 g/mol. The Morgan fingerprint density at radius 2 is 2.29 bits per heavy atom. The zero-order chi connectivity index (χ0) is 10.8. The van der Waals surface area contributed by atoms with Crippen molar-refractivity contribution in [3.8, 4) is 0 Å². The van der Waals surface area contributed by atoms with Gasteiger partial charge in [0.25, 0.3) is 5.91 Å². The maximum Gasteiger partial charge on any atom is 0.258 e. The normalized spacial score (nSPS) is 27.4. The summed E-state index contributed by atoms with van der Waals surface area (Å²) < 4.78 is 5.55. The molecule has 0 radical (unpaired) electrons. The van der Waals surface area contributed by atoms with Crippen LogP contribution in [0.15, 0.2) is 0 Å². The standard InChI is InChI=1S/C9H15Cl2NO2/c1-3-4-9(2)12(5-6-14-9)8(13)7(10)11/h7H,3-6H2,1-2H3. The summed E-state index contributed by atoms with van der Waals surface area (Å²) >= 11 is 11.1. The first-order valence-corrected chi connectivity index (χ1v) is 5.62. The van der Waals surface area contributed by atoms with Crippen molar-refractivity contribution in [1.82, 2.24) is 4.90 Å². The number of hydrogen-bond donors (Lipinski definition) is 0. The number of carbonyl (C=O) groups is 1. The molecule has 0 spiro atoms. The lowest BCUT2D eigenvalue weighted by atomic mass is 10.1. The van der Waals surface area contributed by atoms with Crippen LogP contribution in [0.1, 0.15) is 26.7 Å². The van der Waals surface area contributed by atoms with E-state index in [1.54, 1.807) is 4.90 Å². The van der Waals surface area contributed by atoms with Crippen LogP contribution < -0.4 is 0 Å². The Morgan fingerprint density at radius 1 is 1.64 bits per heavy atom. The number of nitrogens with zero attached hydrogens (tertiary/aromatic N) is 1. The topological polar surface area (TPSA) is 29.5 Å². The molecule has 1 unspecified atom stereocenters. The third-order valence-corrected chi connectivity index (χ3v) is 2.84. The molecule has 1 rings (SSSR count). The molecule has 1 atom stereocenters. The first kappa shape index (κ1) is 12.1. The minimum Gasteiger partial charge on any atom is -0.354 e. The Kier molecular flexibility index (Phi) is 4.04. The largest absolute Gasteiger partial charge is 0.354 e. The molecule has 1 heterocycles. The smallest absolute Gasteiger partial charge is 0.258 e. The molecule has 0 aliphatic carbocycles. The van der Waals surface area contributed by atoms with Gasteiger partial charge in [-0.3, -0.25) is 4.79 Å². The van der Waals surface area contributed by atoms with E-state index < -0.39 is 10.6 Å². The second-order valence-electron chi connectivity index (χ2n) is 3.56. The van der Waals surface area contributed by atoms with Crippen molar-refractivity contribution >= 4 is 29.1 Å². The first-order valence-electron chi connectivity index (χ1n) is 4.75. The highest BCUT2D eigenvalue weighted by atomic mass is 35.5. The minimum absolute atomic E-state index is 0.262. The molecule has 14 heavy (non-hydrogen) atoms. The molecule has 0 aromatic heterocycles. The van der Waals surface area contributed by atoms with Gasteiger partial charge in [0, 0.05) is 6.54 Å². The summed E-state index contributed by atoms with van der Waals surface area (Å²) in [6.07, 6.45) is 1.76. The van der Waals surface area contributed by atoms with Gasteiger partial charge in [0.15, 0.2) is 4.84 Å². The lowest BCUT2D eigenvalue weighted by Crippen LogP contribution is -2.47. The van der Waals surface area contributed by atoms with Gasteiger partial charge in [-0.25, -0.2) is 0 Å². The molecular formula is C9H15Cl2NO2. The summed E-state index contributed by atoms with van der Waals surface area (Å²) in [5.74, 6) is -0.262. The third kappa shape index (κ3) is 2.33. The second kappa shape index (κ2) is 4.69. The van der Waals surface area contributed by atoms with E-state index in [-0.39, 0.29) is 5.91 Å². The van der Waals surface area contributed by atoms with Gasteiger partial charge in [0.1, 0.15) is 5.72 Å². The number of halogens is 2. The zero-order valence-corrected chi connectivity index (χ0v) is 9.94. The van der Waals surface area contributed by atoms with E-state index in [4.69, 9.17) is 27.9 Å². The fourth-order valence-corrected chi connectivity index (χ4v) is 2.04. The van der Waals surface area contributed by atoms with E-state index in [9.17, 15) is 4.79 Å². The summed E-state index contributed by atoms with van der Waals surface area (Å²) in [6.45, 7) is 5.08. The summed E-state index contributed by atoms with van der Waals surface area (Å²) in [5.41, 5.74) is -0.520. The van der Waals surface area contributed by atoms with Crippen LogP contribution in [0.2, 0.25) is 0 Å². The lowest BCUT2D eigenvalue weighted by Gasteiger charge is -2.33. The maximum atomic E-state index is 11.6. The highest BCUT2D eigenvalue weighted by molar-refractivity contribution is 6.53. The number of alkyl halides is 2. The van der Waals surface area contributed by atoms with Crippen molar-refractivity contribution < 1.29 is 9.53 Å². The van der Waals surface area contributed by atoms with Crippen LogP contribution >= 0.6 is 23.2 Å². The molecule has 1 saturated heterocycles. The maximum absolute atomic E-state index is 11.6. The minimum atomic E-state index is -0.993. The van der Waals surface area contributed by atoms with Gasteiger partial charge in [0.05, 0.1) is 6.61 Å². The van der Waals surface area contributed by atoms with Crippen molar-refractivity contribution in [2.45, 2.75) is 37.3 Å². The molecule has 0 aromatic rings. The van der Waals surface area contributed by atoms with Crippen LogP contribution in [-0.4, -0.2) is 34.5 Å². The fourth-order valence-electron chi connectivity index (χ4n) is 1.80. The van der Waals surface area contributed by atoms with Crippen molar-refractivity contribution in [3.63, 3.8) is 0 Å². The molecule has 1 aliphatic heterocycles. The number of hydrogen-bond acceptors (Lipinski definition) is 2. The van der Waals surface area contributed by atoms with E-state index in [1.165, 1.54) is 0 Å². The average molecular weight is 240 g/mol. The van der Waals surface area contributed by atoms with Gasteiger partial charge in [-0.2, -0.15) is 0 Å². The summed E-state index contributed by atoms with van der Waals surface area (Å²) in [4.78, 5) is 12.3. The van der Waals surface area contributed by atoms with Gasteiger partial charge in [0.2, 0.25) is 0 Å². The second-order valence-corrected chi connectivity index (χ2v) is 4.66. The molecule has 1 aliphatic rings. The van der Waals surface area contributed by atoms with Crippen LogP contribution in [0.5, 0.6) is 0 Å². The third-order valence-electron chi connectivity index (χ3n) is 2.47. The fraction of sp³-hybridized carbons (Fsp3) is 0.889. The van der Waals surface area contributed by atoms with E-state index in [2.05, 4.69) is 6.92 Å². The number of carbonyl (C=O) groups excluding carboxylic acids is 1. The Morgan fingerprint density at radius 3 is 2.79 bits per heavy atom.